The van der Waals surface area contributed by atoms with Crippen LogP contribution in [0.5, 0.6) is 0 Å². The molecule has 1 aromatic carbocycles. The van der Waals surface area contributed by atoms with E-state index in [2.05, 4.69) is 9.97 Å². The van der Waals surface area contributed by atoms with Crippen LogP contribution < -0.4 is 4.73 Å². The largest absolute Gasteiger partial charge is 0.618 e. The van der Waals surface area contributed by atoms with Crippen molar-refractivity contribution in [2.75, 3.05) is 0 Å². The zero-order valence-electron chi connectivity index (χ0n) is 9.89. The second kappa shape index (κ2) is 3.45. The van der Waals surface area contributed by atoms with Gasteiger partial charge in [0.2, 0.25) is 11.7 Å². The Morgan fingerprint density at radius 2 is 2.11 bits per heavy atom. The molecule has 4 rings (SSSR count). The Kier molecular flexibility index (Phi) is 1.89. The van der Waals surface area contributed by atoms with Gasteiger partial charge in [-0.05, 0) is 18.9 Å². The molecule has 0 amide bonds. The highest BCUT2D eigenvalue weighted by Crippen LogP contribution is 2.36. The standard InChI is InChI=1S/C14H13N3O/c18-17-8-11-13(10-6-1-2-7-12(10)17)16-14(15-11)9-4-3-5-9/h1-2,6-9H,3-5H2,(H,15,16). The van der Waals surface area contributed by atoms with Crippen LogP contribution in [0.15, 0.2) is 30.5 Å². The first kappa shape index (κ1) is 9.88. The summed E-state index contributed by atoms with van der Waals surface area (Å²) in [5, 5.41) is 12.9. The Labute approximate surface area is 104 Å². The molecule has 4 heteroatoms. The number of aromatic nitrogens is 3. The van der Waals surface area contributed by atoms with Crippen LogP contribution in [0.1, 0.15) is 31.0 Å². The lowest BCUT2D eigenvalue weighted by Gasteiger charge is -2.22. The molecule has 3 aromatic rings. The highest BCUT2D eigenvalue weighted by atomic mass is 16.5. The average molecular weight is 239 g/mol. The van der Waals surface area contributed by atoms with Crippen LogP contribution in [-0.2, 0) is 0 Å². The van der Waals surface area contributed by atoms with E-state index in [1.54, 1.807) is 6.20 Å². The van der Waals surface area contributed by atoms with Crippen molar-refractivity contribution in [1.29, 1.82) is 0 Å². The Balaban J connectivity index is 2.05. The number of H-pyrrole nitrogens is 1. The van der Waals surface area contributed by atoms with Crippen LogP contribution in [0.3, 0.4) is 0 Å². The third-order valence-electron chi connectivity index (χ3n) is 3.89. The maximum Gasteiger partial charge on any atom is 0.226 e. The molecule has 2 heterocycles. The number of para-hydroxylation sites is 1. The molecule has 0 spiro atoms. The van der Waals surface area contributed by atoms with Crippen LogP contribution in [0.4, 0.5) is 0 Å². The molecular formula is C14H13N3O. The molecule has 0 aliphatic heterocycles. The molecule has 4 nitrogen and oxygen atoms in total. The number of aromatic amines is 1. The SMILES string of the molecule is [O-][n+]1cc2nc(C3CCC3)[nH]c2c2ccccc21. The fourth-order valence-corrected chi connectivity index (χ4v) is 2.64. The van der Waals surface area contributed by atoms with Gasteiger partial charge in [0.15, 0.2) is 5.52 Å². The van der Waals surface area contributed by atoms with Crippen molar-refractivity contribution in [1.82, 2.24) is 9.97 Å². The highest BCUT2D eigenvalue weighted by molar-refractivity contribution is 6.00. The van der Waals surface area contributed by atoms with Gasteiger partial charge in [0, 0.05) is 12.0 Å². The molecule has 1 saturated carbocycles. The summed E-state index contributed by atoms with van der Waals surface area (Å²) < 4.78 is 0.906. The summed E-state index contributed by atoms with van der Waals surface area (Å²) >= 11 is 0. The van der Waals surface area contributed by atoms with Crippen LogP contribution >= 0.6 is 0 Å². The van der Waals surface area contributed by atoms with Gasteiger partial charge in [-0.15, -0.1) is 0 Å². The summed E-state index contributed by atoms with van der Waals surface area (Å²) in [4.78, 5) is 7.97. The van der Waals surface area contributed by atoms with E-state index in [4.69, 9.17) is 0 Å². The van der Waals surface area contributed by atoms with Crippen molar-refractivity contribution in [3.8, 4) is 0 Å². The lowest BCUT2D eigenvalue weighted by atomic mass is 9.85. The fraction of sp³-hybridized carbons (Fsp3) is 0.286. The van der Waals surface area contributed by atoms with Crippen LogP contribution in [0, 0.1) is 5.21 Å². The van der Waals surface area contributed by atoms with E-state index in [0.717, 1.165) is 27.0 Å². The minimum absolute atomic E-state index is 0.552. The van der Waals surface area contributed by atoms with E-state index < -0.39 is 0 Å². The van der Waals surface area contributed by atoms with E-state index >= 15 is 0 Å². The van der Waals surface area contributed by atoms with Crippen molar-refractivity contribution >= 4 is 21.9 Å². The van der Waals surface area contributed by atoms with E-state index in [1.807, 2.05) is 24.3 Å². The van der Waals surface area contributed by atoms with Gasteiger partial charge in [0.1, 0.15) is 5.82 Å². The summed E-state index contributed by atoms with van der Waals surface area (Å²) in [5.41, 5.74) is 2.44. The molecule has 2 aromatic heterocycles. The lowest BCUT2D eigenvalue weighted by Crippen LogP contribution is -2.26. The lowest BCUT2D eigenvalue weighted by molar-refractivity contribution is -0.575. The van der Waals surface area contributed by atoms with Crippen LogP contribution in [0.2, 0.25) is 0 Å². The minimum Gasteiger partial charge on any atom is -0.618 e. The quantitative estimate of drug-likeness (QED) is 0.524. The van der Waals surface area contributed by atoms with Crippen molar-refractivity contribution < 1.29 is 4.73 Å². The van der Waals surface area contributed by atoms with Crippen molar-refractivity contribution in [2.45, 2.75) is 25.2 Å². The van der Waals surface area contributed by atoms with E-state index in [9.17, 15) is 5.21 Å². The van der Waals surface area contributed by atoms with Gasteiger partial charge in [-0.1, -0.05) is 18.6 Å². The molecule has 0 radical (unpaired) electrons. The fourth-order valence-electron chi connectivity index (χ4n) is 2.64. The van der Waals surface area contributed by atoms with Gasteiger partial charge in [-0.25, -0.2) is 4.98 Å². The van der Waals surface area contributed by atoms with Gasteiger partial charge in [-0.2, -0.15) is 4.73 Å². The Hall–Kier alpha value is -2.10. The average Bonchev–Trinajstić information content (AvgIpc) is 2.70. The summed E-state index contributed by atoms with van der Waals surface area (Å²) in [6.45, 7) is 0. The third-order valence-corrected chi connectivity index (χ3v) is 3.89. The number of imidazole rings is 1. The van der Waals surface area contributed by atoms with E-state index in [0.29, 0.717) is 11.4 Å². The maximum absolute atomic E-state index is 11.9. The van der Waals surface area contributed by atoms with Gasteiger partial charge in [-0.3, -0.25) is 0 Å². The first-order chi connectivity index (χ1) is 8.83. The highest BCUT2D eigenvalue weighted by Gasteiger charge is 2.24. The molecule has 0 saturated heterocycles. The molecule has 0 unspecified atom stereocenters. The monoisotopic (exact) mass is 239 g/mol. The molecule has 1 fully saturated rings. The van der Waals surface area contributed by atoms with Crippen molar-refractivity contribution in [2.24, 2.45) is 0 Å². The molecule has 90 valence electrons. The molecule has 0 atom stereocenters. The van der Waals surface area contributed by atoms with Crippen LogP contribution in [-0.4, -0.2) is 9.97 Å². The summed E-state index contributed by atoms with van der Waals surface area (Å²) in [7, 11) is 0. The van der Waals surface area contributed by atoms with Crippen molar-refractivity contribution in [3.05, 3.63) is 41.5 Å². The third kappa shape index (κ3) is 1.26. The zero-order chi connectivity index (χ0) is 12.1. The predicted molar refractivity (Wildman–Crippen MR) is 69.2 cm³/mol. The number of hydrogen-bond acceptors (Lipinski definition) is 2. The van der Waals surface area contributed by atoms with E-state index in [1.165, 1.54) is 19.3 Å². The Morgan fingerprint density at radius 1 is 1.28 bits per heavy atom. The zero-order valence-corrected chi connectivity index (χ0v) is 9.89. The molecular weight excluding hydrogens is 226 g/mol. The molecule has 18 heavy (non-hydrogen) atoms. The van der Waals surface area contributed by atoms with Gasteiger partial charge < -0.3 is 10.2 Å². The number of pyridine rings is 1. The normalized spacial score (nSPS) is 16.2. The number of nitrogens with one attached hydrogen (secondary N) is 1. The maximum atomic E-state index is 11.9. The smallest absolute Gasteiger partial charge is 0.226 e. The predicted octanol–water partition coefficient (Wildman–Crippen LogP) is 2.62. The van der Waals surface area contributed by atoms with Gasteiger partial charge in [0.25, 0.3) is 0 Å². The number of nitrogens with zero attached hydrogens (tertiary/aromatic N) is 2. The second-order valence-corrected chi connectivity index (χ2v) is 4.98. The summed E-state index contributed by atoms with van der Waals surface area (Å²) in [6, 6.07) is 7.64. The van der Waals surface area contributed by atoms with Crippen LogP contribution in [0.25, 0.3) is 21.9 Å². The molecule has 1 aliphatic rings. The first-order valence-electron chi connectivity index (χ1n) is 6.33. The number of hydrogen-bond donors (Lipinski definition) is 1. The minimum atomic E-state index is 0.552. The van der Waals surface area contributed by atoms with Crippen molar-refractivity contribution in [3.63, 3.8) is 0 Å². The Morgan fingerprint density at radius 3 is 2.89 bits per heavy atom. The number of rotatable bonds is 1. The topological polar surface area (TPSA) is 55.6 Å². The molecule has 1 N–H and O–H groups in total. The Bertz CT molecular complexity index is 743. The van der Waals surface area contributed by atoms with Gasteiger partial charge >= 0.3 is 0 Å². The van der Waals surface area contributed by atoms with Gasteiger partial charge in [0.05, 0.1) is 10.9 Å². The number of fused-ring (bicyclic) bond motifs is 3. The number of benzene rings is 1. The molecule has 1 aliphatic carbocycles. The van der Waals surface area contributed by atoms with E-state index in [-0.39, 0.29) is 0 Å². The molecule has 0 bridgehead atoms. The first-order valence-corrected chi connectivity index (χ1v) is 6.33. The second-order valence-electron chi connectivity index (χ2n) is 4.98. The summed E-state index contributed by atoms with van der Waals surface area (Å²) in [6.07, 6.45) is 5.25. The summed E-state index contributed by atoms with van der Waals surface area (Å²) in [5.74, 6) is 1.59.